The van der Waals surface area contributed by atoms with Gasteiger partial charge in [-0.05, 0) is 83.7 Å². The average molecular weight is 545 g/mol. The zero-order valence-electron chi connectivity index (χ0n) is 21.5. The summed E-state index contributed by atoms with van der Waals surface area (Å²) in [6.45, 7) is 1.88. The van der Waals surface area contributed by atoms with Crippen molar-refractivity contribution in [3.8, 4) is 11.1 Å². The van der Waals surface area contributed by atoms with Crippen LogP contribution in [-0.2, 0) is 6.42 Å². The molecule has 6 rings (SSSR count). The van der Waals surface area contributed by atoms with E-state index in [9.17, 15) is 14.7 Å². The van der Waals surface area contributed by atoms with E-state index < -0.39 is 5.97 Å². The van der Waals surface area contributed by atoms with Crippen LogP contribution in [0.3, 0.4) is 0 Å². The molecule has 0 saturated carbocycles. The molecule has 7 nitrogen and oxygen atoms in total. The first kappa shape index (κ1) is 25.3. The molecule has 0 spiro atoms. The van der Waals surface area contributed by atoms with Crippen molar-refractivity contribution < 1.29 is 14.7 Å². The van der Waals surface area contributed by atoms with E-state index in [1.165, 1.54) is 11.5 Å². The number of carbonyl (C=O) groups excluding carboxylic acids is 1. The Morgan fingerprint density at radius 2 is 1.73 bits per heavy atom. The van der Waals surface area contributed by atoms with Gasteiger partial charge in [0, 0.05) is 29.1 Å². The third-order valence-corrected chi connectivity index (χ3v) is 7.70. The Bertz CT molecular complexity index is 1870. The fourth-order valence-electron chi connectivity index (χ4n) is 4.77. The van der Waals surface area contributed by atoms with Crippen LogP contribution in [0, 0.1) is 0 Å². The maximum absolute atomic E-state index is 13.8. The van der Waals surface area contributed by atoms with E-state index in [-0.39, 0.29) is 17.5 Å². The van der Waals surface area contributed by atoms with E-state index in [1.54, 1.807) is 30.5 Å². The molecule has 0 bridgehead atoms. The monoisotopic (exact) mass is 544 g/mol. The third kappa shape index (κ3) is 5.04. The van der Waals surface area contributed by atoms with Crippen LogP contribution in [0.5, 0.6) is 0 Å². The van der Waals surface area contributed by atoms with Gasteiger partial charge in [0.1, 0.15) is 0 Å². The van der Waals surface area contributed by atoms with Crippen LogP contribution in [0.1, 0.15) is 50.6 Å². The summed E-state index contributed by atoms with van der Waals surface area (Å²) in [6, 6.07) is 27.9. The molecule has 1 amide bonds. The van der Waals surface area contributed by atoms with Gasteiger partial charge in [0.2, 0.25) is 0 Å². The van der Waals surface area contributed by atoms with E-state index in [2.05, 4.69) is 16.4 Å². The van der Waals surface area contributed by atoms with E-state index in [0.29, 0.717) is 17.6 Å². The molecule has 8 heteroatoms. The summed E-state index contributed by atoms with van der Waals surface area (Å²) < 4.78 is 5.67. The molecule has 0 aliphatic heterocycles. The SMILES string of the molecule is C[C@H](NC(=O)c1cc(-c2ccccc2)cc2snc(Cc3ccc4cccnc4n3)c12)c1ccc(C(=O)O)cc1. The zero-order chi connectivity index (χ0) is 27.6. The maximum atomic E-state index is 13.8. The van der Waals surface area contributed by atoms with Gasteiger partial charge in [-0.3, -0.25) is 4.79 Å². The van der Waals surface area contributed by atoms with Crippen molar-refractivity contribution in [2.75, 3.05) is 0 Å². The van der Waals surface area contributed by atoms with Crippen LogP contribution in [0.4, 0.5) is 0 Å². The minimum absolute atomic E-state index is 0.200. The van der Waals surface area contributed by atoms with Gasteiger partial charge in [0.15, 0.2) is 5.65 Å². The number of aromatic nitrogens is 3. The van der Waals surface area contributed by atoms with Crippen molar-refractivity contribution >= 4 is 44.5 Å². The Kier molecular flexibility index (Phi) is 6.76. The molecule has 6 aromatic rings. The summed E-state index contributed by atoms with van der Waals surface area (Å²) >= 11 is 1.37. The van der Waals surface area contributed by atoms with Gasteiger partial charge in [0.25, 0.3) is 5.91 Å². The van der Waals surface area contributed by atoms with Gasteiger partial charge in [-0.2, -0.15) is 4.37 Å². The minimum Gasteiger partial charge on any atom is -0.478 e. The lowest BCUT2D eigenvalue weighted by Gasteiger charge is -2.16. The number of carboxylic acids is 1. The van der Waals surface area contributed by atoms with Crippen LogP contribution >= 0.6 is 11.5 Å². The fraction of sp³-hybridized carbons (Fsp3) is 0.0938. The number of amides is 1. The van der Waals surface area contributed by atoms with E-state index in [4.69, 9.17) is 9.36 Å². The molecular weight excluding hydrogens is 520 g/mol. The molecule has 0 fully saturated rings. The normalized spacial score (nSPS) is 11.9. The number of aromatic carboxylic acids is 1. The molecule has 0 saturated heterocycles. The van der Waals surface area contributed by atoms with E-state index >= 15 is 0 Å². The number of rotatable bonds is 7. The third-order valence-electron chi connectivity index (χ3n) is 6.87. The second-order valence-corrected chi connectivity index (χ2v) is 10.3. The Morgan fingerprint density at radius 3 is 2.50 bits per heavy atom. The highest BCUT2D eigenvalue weighted by atomic mass is 32.1. The lowest BCUT2D eigenvalue weighted by molar-refractivity contribution is 0.0696. The minimum atomic E-state index is -0.988. The maximum Gasteiger partial charge on any atom is 0.335 e. The summed E-state index contributed by atoms with van der Waals surface area (Å²) in [5.74, 6) is -1.22. The number of benzene rings is 3. The Morgan fingerprint density at radius 1 is 0.925 bits per heavy atom. The number of pyridine rings is 2. The predicted octanol–water partition coefficient (Wildman–Crippen LogP) is 6.69. The summed E-state index contributed by atoms with van der Waals surface area (Å²) in [5.41, 5.74) is 5.76. The highest BCUT2D eigenvalue weighted by Gasteiger charge is 2.21. The van der Waals surface area contributed by atoms with Crippen LogP contribution in [-0.4, -0.2) is 31.3 Å². The molecule has 2 N–H and O–H groups in total. The summed E-state index contributed by atoms with van der Waals surface area (Å²) in [5, 5.41) is 14.1. The van der Waals surface area contributed by atoms with Crippen LogP contribution in [0.2, 0.25) is 0 Å². The van der Waals surface area contributed by atoms with Crippen molar-refractivity contribution in [3.63, 3.8) is 0 Å². The number of hydrogen-bond donors (Lipinski definition) is 2. The van der Waals surface area contributed by atoms with Gasteiger partial charge < -0.3 is 10.4 Å². The van der Waals surface area contributed by atoms with E-state index in [1.807, 2.05) is 67.6 Å². The smallest absolute Gasteiger partial charge is 0.335 e. The number of nitrogens with zero attached hydrogens (tertiary/aromatic N) is 3. The fourth-order valence-corrected chi connectivity index (χ4v) is 5.63. The molecule has 0 unspecified atom stereocenters. The molecule has 3 heterocycles. The lowest BCUT2D eigenvalue weighted by atomic mass is 9.97. The highest BCUT2D eigenvalue weighted by Crippen LogP contribution is 2.34. The van der Waals surface area contributed by atoms with Gasteiger partial charge in [-0.25, -0.2) is 14.8 Å². The first-order valence-corrected chi connectivity index (χ1v) is 13.6. The Hall–Kier alpha value is -4.95. The molecule has 1 atom stereocenters. The Balaban J connectivity index is 1.39. The molecule has 0 radical (unpaired) electrons. The van der Waals surface area contributed by atoms with Crippen LogP contribution < -0.4 is 5.32 Å². The van der Waals surface area contributed by atoms with Gasteiger partial charge in [-0.1, -0.05) is 42.5 Å². The molecule has 0 aliphatic rings. The zero-order valence-corrected chi connectivity index (χ0v) is 22.4. The molecule has 196 valence electrons. The highest BCUT2D eigenvalue weighted by molar-refractivity contribution is 7.13. The predicted molar refractivity (Wildman–Crippen MR) is 157 cm³/mol. The number of nitrogens with one attached hydrogen (secondary N) is 1. The van der Waals surface area contributed by atoms with Crippen molar-refractivity contribution in [1.29, 1.82) is 0 Å². The van der Waals surface area contributed by atoms with Gasteiger partial charge in [-0.15, -0.1) is 0 Å². The summed E-state index contributed by atoms with van der Waals surface area (Å²) in [7, 11) is 0. The molecule has 40 heavy (non-hydrogen) atoms. The summed E-state index contributed by atoms with van der Waals surface area (Å²) in [6.07, 6.45) is 2.19. The topological polar surface area (TPSA) is 105 Å². The molecule has 3 aromatic carbocycles. The number of carbonyl (C=O) groups is 2. The summed E-state index contributed by atoms with van der Waals surface area (Å²) in [4.78, 5) is 34.2. The van der Waals surface area contributed by atoms with Crippen LogP contribution in [0.25, 0.3) is 32.2 Å². The standard InChI is InChI=1S/C32H24N4O3S/c1-19(20-9-11-23(12-10-20)32(38)39)34-31(37)26-16-24(21-6-3-2-4-7-21)17-28-29(26)27(36-40-28)18-25-14-13-22-8-5-15-33-30(22)35-25/h2-17,19H,18H2,1H3,(H,34,37)(H,38,39)/t19-/m0/s1. The molecular formula is C32H24N4O3S. The number of hydrogen-bond acceptors (Lipinski definition) is 6. The second kappa shape index (κ2) is 10.7. The van der Waals surface area contributed by atoms with Gasteiger partial charge >= 0.3 is 5.97 Å². The van der Waals surface area contributed by atoms with Crippen molar-refractivity contribution in [1.82, 2.24) is 19.7 Å². The largest absolute Gasteiger partial charge is 0.478 e. The lowest BCUT2D eigenvalue weighted by Crippen LogP contribution is -2.27. The van der Waals surface area contributed by atoms with Gasteiger partial charge in [0.05, 0.1) is 27.6 Å². The second-order valence-electron chi connectivity index (χ2n) is 9.54. The number of fused-ring (bicyclic) bond motifs is 2. The van der Waals surface area contributed by atoms with Crippen molar-refractivity contribution in [2.24, 2.45) is 0 Å². The van der Waals surface area contributed by atoms with E-state index in [0.717, 1.165) is 43.6 Å². The molecule has 3 aromatic heterocycles. The average Bonchev–Trinajstić information content (AvgIpc) is 3.39. The number of carboxylic acid groups (broad SMARTS) is 1. The van der Waals surface area contributed by atoms with Crippen molar-refractivity contribution in [3.05, 3.63) is 125 Å². The van der Waals surface area contributed by atoms with Crippen LogP contribution in [0.15, 0.2) is 97.2 Å². The Labute approximate surface area is 234 Å². The first-order valence-electron chi connectivity index (χ1n) is 12.8. The quantitative estimate of drug-likeness (QED) is 0.232. The molecule has 0 aliphatic carbocycles. The first-order chi connectivity index (χ1) is 19.5. The van der Waals surface area contributed by atoms with Crippen molar-refractivity contribution in [2.45, 2.75) is 19.4 Å².